The highest BCUT2D eigenvalue weighted by atomic mass is 16.5. The van der Waals surface area contributed by atoms with Crippen molar-refractivity contribution in [2.75, 3.05) is 40.4 Å². The Morgan fingerprint density at radius 3 is 2.60 bits per heavy atom. The third-order valence-corrected chi connectivity index (χ3v) is 5.15. The van der Waals surface area contributed by atoms with Gasteiger partial charge >= 0.3 is 0 Å². The molecule has 136 valence electrons. The minimum atomic E-state index is 0.108. The summed E-state index contributed by atoms with van der Waals surface area (Å²) in [5, 5.41) is 0. The normalized spacial score (nSPS) is 21.2. The maximum absolute atomic E-state index is 12.6. The summed E-state index contributed by atoms with van der Waals surface area (Å²) in [6.45, 7) is 4.25. The van der Waals surface area contributed by atoms with Gasteiger partial charge in [0, 0.05) is 25.2 Å². The van der Waals surface area contributed by atoms with Crippen LogP contribution in [0.15, 0.2) is 24.3 Å². The Bertz CT molecular complexity index is 623. The van der Waals surface area contributed by atoms with Crippen molar-refractivity contribution in [3.63, 3.8) is 0 Å². The zero-order valence-corrected chi connectivity index (χ0v) is 15.2. The van der Waals surface area contributed by atoms with E-state index in [2.05, 4.69) is 4.90 Å². The van der Waals surface area contributed by atoms with Crippen LogP contribution in [0.5, 0.6) is 11.5 Å². The molecule has 0 bridgehead atoms. The van der Waals surface area contributed by atoms with Gasteiger partial charge in [-0.2, -0.15) is 0 Å². The first-order valence-corrected chi connectivity index (χ1v) is 9.14. The molecule has 1 amide bonds. The lowest BCUT2D eigenvalue weighted by Gasteiger charge is -2.27. The highest BCUT2D eigenvalue weighted by Gasteiger charge is 2.29. The van der Waals surface area contributed by atoms with Crippen molar-refractivity contribution in [2.24, 2.45) is 0 Å². The van der Waals surface area contributed by atoms with E-state index in [0.717, 1.165) is 31.5 Å². The molecule has 1 atom stereocenters. The summed E-state index contributed by atoms with van der Waals surface area (Å²) in [5.74, 6) is 1.47. The second-order valence-electron chi connectivity index (χ2n) is 6.78. The number of carbonyl (C=O) groups is 1. The Morgan fingerprint density at radius 1 is 1.12 bits per heavy atom. The van der Waals surface area contributed by atoms with Crippen molar-refractivity contribution >= 4 is 12.0 Å². The molecule has 0 aromatic heterocycles. The van der Waals surface area contributed by atoms with Crippen LogP contribution in [0, 0.1) is 0 Å². The molecule has 0 saturated carbocycles. The smallest absolute Gasteiger partial charge is 0.246 e. The summed E-state index contributed by atoms with van der Waals surface area (Å²) in [4.78, 5) is 17.2. The van der Waals surface area contributed by atoms with Gasteiger partial charge in [0.1, 0.15) is 0 Å². The summed E-state index contributed by atoms with van der Waals surface area (Å²) < 4.78 is 10.6. The van der Waals surface area contributed by atoms with E-state index >= 15 is 0 Å². The first-order valence-electron chi connectivity index (χ1n) is 9.14. The molecule has 25 heavy (non-hydrogen) atoms. The predicted octanol–water partition coefficient (Wildman–Crippen LogP) is 2.80. The lowest BCUT2D eigenvalue weighted by Crippen LogP contribution is -2.41. The molecular weight excluding hydrogens is 316 g/mol. The summed E-state index contributed by atoms with van der Waals surface area (Å²) in [5.41, 5.74) is 0.932. The number of likely N-dealkylation sites (tertiary alicyclic amines) is 2. The van der Waals surface area contributed by atoms with Gasteiger partial charge in [0.05, 0.1) is 14.2 Å². The second-order valence-corrected chi connectivity index (χ2v) is 6.78. The Morgan fingerprint density at radius 2 is 1.88 bits per heavy atom. The third-order valence-electron chi connectivity index (χ3n) is 5.15. The highest BCUT2D eigenvalue weighted by molar-refractivity contribution is 5.92. The minimum Gasteiger partial charge on any atom is -0.493 e. The Balaban J connectivity index is 1.63. The van der Waals surface area contributed by atoms with Gasteiger partial charge < -0.3 is 19.3 Å². The van der Waals surface area contributed by atoms with Crippen LogP contribution in [-0.4, -0.2) is 62.1 Å². The molecule has 0 aliphatic carbocycles. The molecule has 1 aromatic rings. The highest BCUT2D eigenvalue weighted by Crippen LogP contribution is 2.28. The summed E-state index contributed by atoms with van der Waals surface area (Å²) in [6.07, 6.45) is 8.35. The Labute approximate surface area is 150 Å². The second kappa shape index (κ2) is 8.39. The quantitative estimate of drug-likeness (QED) is 0.744. The van der Waals surface area contributed by atoms with Crippen LogP contribution in [0.2, 0.25) is 0 Å². The van der Waals surface area contributed by atoms with Crippen LogP contribution < -0.4 is 9.47 Å². The monoisotopic (exact) mass is 344 g/mol. The van der Waals surface area contributed by atoms with E-state index in [9.17, 15) is 4.79 Å². The molecule has 0 unspecified atom stereocenters. The molecule has 5 heteroatoms. The van der Waals surface area contributed by atoms with E-state index in [1.54, 1.807) is 20.3 Å². The van der Waals surface area contributed by atoms with Crippen LogP contribution in [0.1, 0.15) is 31.2 Å². The van der Waals surface area contributed by atoms with E-state index in [1.165, 1.54) is 25.9 Å². The van der Waals surface area contributed by atoms with Gasteiger partial charge in [-0.25, -0.2) is 0 Å². The van der Waals surface area contributed by atoms with Crippen LogP contribution in [0.3, 0.4) is 0 Å². The van der Waals surface area contributed by atoms with E-state index in [0.29, 0.717) is 17.5 Å². The van der Waals surface area contributed by atoms with E-state index < -0.39 is 0 Å². The number of nitrogens with zero attached hydrogens (tertiary/aromatic N) is 2. The van der Waals surface area contributed by atoms with Crippen molar-refractivity contribution in [1.82, 2.24) is 9.80 Å². The van der Waals surface area contributed by atoms with Crippen molar-refractivity contribution in [1.29, 1.82) is 0 Å². The molecule has 0 radical (unpaired) electrons. The zero-order chi connectivity index (χ0) is 17.6. The average molecular weight is 344 g/mol. The first-order chi connectivity index (χ1) is 12.2. The molecular formula is C20H28N2O3. The van der Waals surface area contributed by atoms with Gasteiger partial charge in [0.25, 0.3) is 0 Å². The van der Waals surface area contributed by atoms with Gasteiger partial charge in [0.2, 0.25) is 5.91 Å². The predicted molar refractivity (Wildman–Crippen MR) is 99.0 cm³/mol. The fourth-order valence-corrected chi connectivity index (χ4v) is 3.80. The fraction of sp³-hybridized carbons (Fsp3) is 0.550. The number of rotatable bonds is 6. The van der Waals surface area contributed by atoms with Crippen LogP contribution >= 0.6 is 0 Å². The maximum atomic E-state index is 12.6. The van der Waals surface area contributed by atoms with Crippen LogP contribution in [-0.2, 0) is 4.79 Å². The van der Waals surface area contributed by atoms with E-state index in [1.807, 2.05) is 29.2 Å². The largest absolute Gasteiger partial charge is 0.493 e. The lowest BCUT2D eigenvalue weighted by molar-refractivity contribution is -0.127. The van der Waals surface area contributed by atoms with Gasteiger partial charge in [-0.05, 0) is 62.5 Å². The molecule has 0 spiro atoms. The molecule has 0 N–H and O–H groups in total. The van der Waals surface area contributed by atoms with Crippen LogP contribution in [0.25, 0.3) is 6.08 Å². The van der Waals surface area contributed by atoms with Crippen molar-refractivity contribution in [3.05, 3.63) is 29.8 Å². The number of hydrogen-bond donors (Lipinski definition) is 0. The number of benzene rings is 1. The van der Waals surface area contributed by atoms with E-state index in [4.69, 9.17) is 9.47 Å². The molecule has 2 heterocycles. The molecule has 2 saturated heterocycles. The maximum Gasteiger partial charge on any atom is 0.246 e. The van der Waals surface area contributed by atoms with Gasteiger partial charge in [-0.1, -0.05) is 6.07 Å². The van der Waals surface area contributed by atoms with Gasteiger partial charge in [0.15, 0.2) is 11.5 Å². The third kappa shape index (κ3) is 4.34. The topological polar surface area (TPSA) is 42.0 Å². The number of hydrogen-bond acceptors (Lipinski definition) is 4. The summed E-state index contributed by atoms with van der Waals surface area (Å²) in [6, 6.07) is 6.03. The molecule has 3 rings (SSSR count). The molecule has 2 aliphatic rings. The van der Waals surface area contributed by atoms with Gasteiger partial charge in [-0.3, -0.25) is 4.79 Å². The van der Waals surface area contributed by atoms with Crippen molar-refractivity contribution < 1.29 is 14.3 Å². The van der Waals surface area contributed by atoms with E-state index in [-0.39, 0.29) is 5.91 Å². The SMILES string of the molecule is COc1ccc(/C=C/C(=O)N2CCC[C@@H]2CN2CCCC2)cc1OC. The van der Waals surface area contributed by atoms with Gasteiger partial charge in [-0.15, -0.1) is 0 Å². The van der Waals surface area contributed by atoms with Crippen molar-refractivity contribution in [2.45, 2.75) is 31.7 Å². The summed E-state index contributed by atoms with van der Waals surface area (Å²) in [7, 11) is 3.23. The molecule has 2 aliphatic heterocycles. The molecule has 2 fully saturated rings. The number of methoxy groups -OCH3 is 2. The Hall–Kier alpha value is -2.01. The molecule has 1 aromatic carbocycles. The molecule has 5 nitrogen and oxygen atoms in total. The van der Waals surface area contributed by atoms with Crippen molar-refractivity contribution in [3.8, 4) is 11.5 Å². The standard InChI is InChI=1S/C20H28N2O3/c1-24-18-9-7-16(14-19(18)25-2)8-10-20(23)22-13-5-6-17(22)15-21-11-3-4-12-21/h7-10,14,17H,3-6,11-13,15H2,1-2H3/b10-8+/t17-/m1/s1. The number of amides is 1. The average Bonchev–Trinajstić information content (AvgIpc) is 3.31. The van der Waals surface area contributed by atoms with Crippen LogP contribution in [0.4, 0.5) is 0 Å². The minimum absolute atomic E-state index is 0.108. The fourth-order valence-electron chi connectivity index (χ4n) is 3.80. The number of carbonyl (C=O) groups excluding carboxylic acids is 1. The first kappa shape index (κ1) is 17.8. The summed E-state index contributed by atoms with van der Waals surface area (Å²) >= 11 is 0. The Kier molecular flexibility index (Phi) is 5.97. The lowest BCUT2D eigenvalue weighted by atomic mass is 10.1. The zero-order valence-electron chi connectivity index (χ0n) is 15.2. The number of ether oxygens (including phenoxy) is 2.